The average Bonchev–Trinajstić information content (AvgIpc) is 3.41. The van der Waals surface area contributed by atoms with Crippen LogP contribution in [-0.4, -0.2) is 14.2 Å². The standard InChI is InChI=1S/C17H18O.C16H18O2S.C16H18O.C16H18.C10H14/c1-11-5-7-15(9-13(11)3)17(18)16-8-6-12(2)14(4)10-16;1-11-5-7-15(9-13(11)3)19(17,18)16-8-6-12(2)14(4)10-16;1-11-5-7-15(9-13(11)3)17-16-8-6-12(2)14(4)10-16;1-11-5-7-15(9-13(11)3)16-8-6-12(2)14(4)10-16;1-7-5-9(3)10(4)6-8(7)2/h5-10H,1-4H3;5-10H,1-4H3;5-10H,1-4H3;5-10H,1-4H3;5-6H,1-4H3. The van der Waals surface area contributed by atoms with Gasteiger partial charge in [-0.1, -0.05) is 97.1 Å². The largest absolute Gasteiger partial charge is 0.457 e. The fourth-order valence-electron chi connectivity index (χ4n) is 8.47. The molecule has 9 aromatic rings. The van der Waals surface area contributed by atoms with E-state index in [2.05, 4.69) is 170 Å². The number of hydrogen-bond acceptors (Lipinski definition) is 4. The molecule has 0 fully saturated rings. The van der Waals surface area contributed by atoms with Crippen molar-refractivity contribution in [3.63, 3.8) is 0 Å². The summed E-state index contributed by atoms with van der Waals surface area (Å²) in [5, 5.41) is 0. The van der Waals surface area contributed by atoms with Crippen molar-refractivity contribution in [1.29, 1.82) is 0 Å². The highest BCUT2D eigenvalue weighted by Crippen LogP contribution is 2.28. The molecule has 4 nitrogen and oxygen atoms in total. The number of ketones is 1. The molecule has 0 heterocycles. The van der Waals surface area contributed by atoms with Crippen molar-refractivity contribution in [2.45, 2.75) is 148 Å². The van der Waals surface area contributed by atoms with Gasteiger partial charge in [0.1, 0.15) is 11.5 Å². The third kappa shape index (κ3) is 17.2. The first kappa shape index (κ1) is 63.2. The lowest BCUT2D eigenvalue weighted by atomic mass is 9.97. The number of sulfone groups is 1. The van der Waals surface area contributed by atoms with E-state index < -0.39 is 9.84 Å². The van der Waals surface area contributed by atoms with Crippen LogP contribution in [0.4, 0.5) is 0 Å². The Morgan fingerprint density at radius 1 is 0.250 bits per heavy atom. The maximum absolute atomic E-state index is 12.6. The van der Waals surface area contributed by atoms with Crippen LogP contribution >= 0.6 is 0 Å². The second-order valence-corrected chi connectivity index (χ2v) is 24.1. The predicted molar refractivity (Wildman–Crippen MR) is 341 cm³/mol. The second-order valence-electron chi connectivity index (χ2n) is 22.1. The lowest BCUT2D eigenvalue weighted by molar-refractivity contribution is 0.103. The van der Waals surface area contributed by atoms with Gasteiger partial charge in [0, 0.05) is 11.1 Å². The van der Waals surface area contributed by atoms with Gasteiger partial charge < -0.3 is 4.74 Å². The molecule has 0 aliphatic rings. The Kier molecular flexibility index (Phi) is 22.1. The summed E-state index contributed by atoms with van der Waals surface area (Å²) in [6.45, 7) is 41.6. The van der Waals surface area contributed by atoms with Crippen molar-refractivity contribution < 1.29 is 17.9 Å². The van der Waals surface area contributed by atoms with Crippen molar-refractivity contribution in [2.24, 2.45) is 0 Å². The Hall–Kier alpha value is -7.60. The van der Waals surface area contributed by atoms with Crippen LogP contribution in [-0.2, 0) is 9.84 Å². The minimum atomic E-state index is -3.42. The Bertz CT molecular complexity index is 3520. The van der Waals surface area contributed by atoms with Gasteiger partial charge in [-0.3, -0.25) is 4.79 Å². The number of hydrogen-bond donors (Lipinski definition) is 0. The van der Waals surface area contributed by atoms with Gasteiger partial charge in [0.25, 0.3) is 0 Å². The quantitative estimate of drug-likeness (QED) is 0.149. The van der Waals surface area contributed by atoms with Gasteiger partial charge in [-0.25, -0.2) is 8.42 Å². The van der Waals surface area contributed by atoms with Gasteiger partial charge in [-0.15, -0.1) is 0 Å². The van der Waals surface area contributed by atoms with E-state index in [0.717, 1.165) is 56.0 Å². The lowest BCUT2D eigenvalue weighted by Gasteiger charge is -2.09. The van der Waals surface area contributed by atoms with E-state index >= 15 is 0 Å². The molecule has 0 spiro atoms. The fraction of sp³-hybridized carbons (Fsp3) is 0.267. The van der Waals surface area contributed by atoms with Crippen molar-refractivity contribution in [1.82, 2.24) is 0 Å². The zero-order valence-electron chi connectivity index (χ0n) is 51.6. The van der Waals surface area contributed by atoms with Gasteiger partial charge in [-0.2, -0.15) is 0 Å². The molecule has 0 aliphatic carbocycles. The van der Waals surface area contributed by atoms with Gasteiger partial charge >= 0.3 is 0 Å². The van der Waals surface area contributed by atoms with Crippen molar-refractivity contribution in [3.05, 3.63) is 280 Å². The zero-order valence-corrected chi connectivity index (χ0v) is 52.4. The van der Waals surface area contributed by atoms with Crippen LogP contribution in [0.1, 0.15) is 127 Å². The number of rotatable bonds is 7. The van der Waals surface area contributed by atoms with Gasteiger partial charge in [0.15, 0.2) is 5.78 Å². The SMILES string of the molecule is Cc1cc(C)c(C)cc1C.Cc1ccc(-c2ccc(C)c(C)c2)cc1C.Cc1ccc(C(=O)c2ccc(C)c(C)c2)cc1C.Cc1ccc(Oc2ccc(C)c(C)c2)cc1C.Cc1ccc(S(=O)(=O)c2ccc(C)c(C)c2)cc1C. The molecule has 416 valence electrons. The molecular weight excluding hydrogens is 997 g/mol. The van der Waals surface area contributed by atoms with Crippen LogP contribution < -0.4 is 4.74 Å². The Labute approximate surface area is 481 Å². The summed E-state index contributed by atoms with van der Waals surface area (Å²) in [6.07, 6.45) is 0. The first-order valence-electron chi connectivity index (χ1n) is 27.7. The van der Waals surface area contributed by atoms with Crippen molar-refractivity contribution >= 4 is 15.6 Å². The van der Waals surface area contributed by atoms with E-state index in [-0.39, 0.29) is 5.78 Å². The van der Waals surface area contributed by atoms with E-state index in [1.807, 2.05) is 102 Å². The van der Waals surface area contributed by atoms with Crippen LogP contribution in [0, 0.1) is 138 Å². The summed E-state index contributed by atoms with van der Waals surface area (Å²) in [5.74, 6) is 1.90. The van der Waals surface area contributed by atoms with Crippen molar-refractivity contribution in [3.8, 4) is 22.6 Å². The summed E-state index contributed by atoms with van der Waals surface area (Å²) in [5.41, 5.74) is 29.2. The van der Waals surface area contributed by atoms with E-state index in [4.69, 9.17) is 4.74 Å². The topological polar surface area (TPSA) is 60.4 Å². The molecule has 0 amide bonds. The van der Waals surface area contributed by atoms with Crippen LogP contribution in [0.15, 0.2) is 168 Å². The number of carbonyl (C=O) groups excluding carboxylic acids is 1. The third-order valence-electron chi connectivity index (χ3n) is 15.8. The minimum Gasteiger partial charge on any atom is -0.457 e. The van der Waals surface area contributed by atoms with Crippen LogP contribution in [0.5, 0.6) is 11.5 Å². The molecule has 0 N–H and O–H groups in total. The molecular formula is C75H86O4S. The Morgan fingerprint density at radius 3 is 0.762 bits per heavy atom. The first-order valence-corrected chi connectivity index (χ1v) is 29.1. The molecule has 9 rings (SSSR count). The van der Waals surface area contributed by atoms with Crippen molar-refractivity contribution in [2.75, 3.05) is 0 Å². The summed E-state index contributed by atoms with van der Waals surface area (Å²) >= 11 is 0. The van der Waals surface area contributed by atoms with Gasteiger partial charge in [0.2, 0.25) is 9.84 Å². The summed E-state index contributed by atoms with van der Waals surface area (Å²) in [6, 6.07) is 52.4. The summed E-state index contributed by atoms with van der Waals surface area (Å²) < 4.78 is 31.0. The van der Waals surface area contributed by atoms with Crippen LogP contribution in [0.2, 0.25) is 0 Å². The molecule has 0 radical (unpaired) electrons. The molecule has 0 saturated carbocycles. The lowest BCUT2D eigenvalue weighted by Crippen LogP contribution is -2.03. The van der Waals surface area contributed by atoms with Gasteiger partial charge in [0.05, 0.1) is 9.79 Å². The van der Waals surface area contributed by atoms with E-state index in [0.29, 0.717) is 9.79 Å². The number of carbonyl (C=O) groups is 1. The Balaban J connectivity index is 0.000000186. The number of benzene rings is 9. The maximum atomic E-state index is 12.6. The summed E-state index contributed by atoms with van der Waals surface area (Å²) in [4.78, 5) is 13.1. The highest BCUT2D eigenvalue weighted by Gasteiger charge is 2.19. The van der Waals surface area contributed by atoms with E-state index in [1.165, 1.54) is 89.0 Å². The van der Waals surface area contributed by atoms with Crippen LogP contribution in [0.25, 0.3) is 11.1 Å². The van der Waals surface area contributed by atoms with E-state index in [1.54, 1.807) is 24.3 Å². The third-order valence-corrected chi connectivity index (χ3v) is 17.5. The average molecular weight is 1080 g/mol. The Morgan fingerprint density at radius 2 is 0.487 bits per heavy atom. The number of aryl methyl sites for hydroxylation is 20. The molecule has 0 saturated heterocycles. The second kappa shape index (κ2) is 28.0. The zero-order chi connectivity index (χ0) is 59.3. The van der Waals surface area contributed by atoms with Crippen LogP contribution in [0.3, 0.4) is 0 Å². The first-order chi connectivity index (χ1) is 37.5. The normalized spacial score (nSPS) is 10.7. The molecule has 80 heavy (non-hydrogen) atoms. The number of ether oxygens (including phenoxy) is 1. The summed E-state index contributed by atoms with van der Waals surface area (Å²) in [7, 11) is -3.42. The minimum absolute atomic E-state index is 0.0983. The molecule has 0 atom stereocenters. The van der Waals surface area contributed by atoms with Gasteiger partial charge in [-0.05, 0) is 322 Å². The maximum Gasteiger partial charge on any atom is 0.206 e. The monoisotopic (exact) mass is 1080 g/mol. The highest BCUT2D eigenvalue weighted by atomic mass is 32.2. The fourth-order valence-corrected chi connectivity index (χ4v) is 9.90. The molecule has 9 aromatic carbocycles. The highest BCUT2D eigenvalue weighted by molar-refractivity contribution is 7.91. The molecule has 0 bridgehead atoms. The molecule has 0 aromatic heterocycles. The molecule has 5 heteroatoms. The predicted octanol–water partition coefficient (Wildman–Crippen LogP) is 20.1. The smallest absolute Gasteiger partial charge is 0.206 e. The molecule has 0 unspecified atom stereocenters. The van der Waals surface area contributed by atoms with E-state index in [9.17, 15) is 13.2 Å². The molecule has 0 aliphatic heterocycles.